The molecule has 2 aromatic carbocycles. The molecule has 2 heterocycles. The van der Waals surface area contributed by atoms with E-state index >= 15 is 0 Å². The molecule has 1 amide bonds. The zero-order chi connectivity index (χ0) is 22.1. The molecule has 31 heavy (non-hydrogen) atoms. The summed E-state index contributed by atoms with van der Waals surface area (Å²) in [6.07, 6.45) is 0. The van der Waals surface area contributed by atoms with Crippen molar-refractivity contribution in [1.82, 2.24) is 19.2 Å². The van der Waals surface area contributed by atoms with Gasteiger partial charge in [0, 0.05) is 22.3 Å². The summed E-state index contributed by atoms with van der Waals surface area (Å²) in [6, 6.07) is 14.0. The molecule has 4 aromatic rings. The van der Waals surface area contributed by atoms with Crippen LogP contribution in [0.15, 0.2) is 53.3 Å². The van der Waals surface area contributed by atoms with Gasteiger partial charge in [0.05, 0.1) is 12.8 Å². The maximum atomic E-state index is 12.8. The Hall–Kier alpha value is -3.65. The predicted molar refractivity (Wildman–Crippen MR) is 119 cm³/mol. The second-order valence-electron chi connectivity index (χ2n) is 7.07. The fourth-order valence-electron chi connectivity index (χ4n) is 3.35. The molecule has 2 aromatic heterocycles. The van der Waals surface area contributed by atoms with E-state index < -0.39 is 0 Å². The van der Waals surface area contributed by atoms with E-state index in [0.29, 0.717) is 28.0 Å². The Kier molecular flexibility index (Phi) is 5.48. The molecule has 8 nitrogen and oxygen atoms in total. The SMILES string of the molecule is COc1ccc(Cl)cc1NC(=O)Cn1c(C)cc(=O)n2nc(-c3ccccc3C)nc12. The minimum atomic E-state index is -0.324. The van der Waals surface area contributed by atoms with Crippen molar-refractivity contribution in [1.29, 1.82) is 0 Å². The molecule has 1 N–H and O–H groups in total. The zero-order valence-corrected chi connectivity index (χ0v) is 18.0. The van der Waals surface area contributed by atoms with Crippen LogP contribution in [0, 0.1) is 13.8 Å². The van der Waals surface area contributed by atoms with E-state index in [9.17, 15) is 9.59 Å². The van der Waals surface area contributed by atoms with Crippen LogP contribution in [0.3, 0.4) is 0 Å². The molecule has 0 saturated heterocycles. The third-order valence-electron chi connectivity index (χ3n) is 4.92. The second-order valence-corrected chi connectivity index (χ2v) is 7.50. The fourth-order valence-corrected chi connectivity index (χ4v) is 3.52. The molecule has 0 radical (unpaired) electrons. The van der Waals surface area contributed by atoms with E-state index in [1.807, 2.05) is 31.2 Å². The molecular weight excluding hydrogens is 418 g/mol. The summed E-state index contributed by atoms with van der Waals surface area (Å²) in [6.45, 7) is 3.62. The van der Waals surface area contributed by atoms with Crippen molar-refractivity contribution in [3.05, 3.63) is 75.2 Å². The van der Waals surface area contributed by atoms with Gasteiger partial charge in [-0.3, -0.25) is 9.59 Å². The molecule has 0 atom stereocenters. The molecule has 4 rings (SSSR count). The van der Waals surface area contributed by atoms with E-state index in [0.717, 1.165) is 11.1 Å². The number of nitrogens with zero attached hydrogens (tertiary/aromatic N) is 4. The number of hydrogen-bond donors (Lipinski definition) is 1. The first-order chi connectivity index (χ1) is 14.9. The summed E-state index contributed by atoms with van der Waals surface area (Å²) in [4.78, 5) is 29.9. The monoisotopic (exact) mass is 437 g/mol. The summed E-state index contributed by atoms with van der Waals surface area (Å²) < 4.78 is 8.13. The number of hydrogen-bond acceptors (Lipinski definition) is 5. The molecule has 0 unspecified atom stereocenters. The first-order valence-electron chi connectivity index (χ1n) is 9.54. The predicted octanol–water partition coefficient (Wildman–Crippen LogP) is 3.48. The molecule has 0 aliphatic heterocycles. The quantitative estimate of drug-likeness (QED) is 0.516. The average Bonchev–Trinajstić information content (AvgIpc) is 3.17. The second kappa shape index (κ2) is 8.23. The first-order valence-corrected chi connectivity index (χ1v) is 9.92. The van der Waals surface area contributed by atoms with Gasteiger partial charge in [-0.1, -0.05) is 35.9 Å². The van der Waals surface area contributed by atoms with Crippen molar-refractivity contribution in [2.75, 3.05) is 12.4 Å². The van der Waals surface area contributed by atoms with E-state index in [2.05, 4.69) is 15.4 Å². The van der Waals surface area contributed by atoms with E-state index in [4.69, 9.17) is 16.3 Å². The van der Waals surface area contributed by atoms with Crippen molar-refractivity contribution >= 4 is 29.0 Å². The number of aryl methyl sites for hydroxylation is 2. The van der Waals surface area contributed by atoms with Gasteiger partial charge < -0.3 is 14.6 Å². The maximum Gasteiger partial charge on any atom is 0.275 e. The molecule has 9 heteroatoms. The Bertz CT molecular complexity index is 1360. The lowest BCUT2D eigenvalue weighted by molar-refractivity contribution is -0.116. The van der Waals surface area contributed by atoms with Crippen LogP contribution in [0.25, 0.3) is 17.2 Å². The number of anilines is 1. The maximum absolute atomic E-state index is 12.8. The number of amides is 1. The highest BCUT2D eigenvalue weighted by Crippen LogP contribution is 2.27. The Morgan fingerprint density at radius 3 is 2.68 bits per heavy atom. The van der Waals surface area contributed by atoms with Crippen molar-refractivity contribution in [3.63, 3.8) is 0 Å². The number of benzene rings is 2. The number of rotatable bonds is 5. The van der Waals surface area contributed by atoms with Gasteiger partial charge in [0.15, 0.2) is 5.82 Å². The topological polar surface area (TPSA) is 90.5 Å². The Balaban J connectivity index is 1.72. The average molecular weight is 438 g/mol. The van der Waals surface area contributed by atoms with Gasteiger partial charge in [-0.25, -0.2) is 0 Å². The van der Waals surface area contributed by atoms with Crippen LogP contribution in [-0.2, 0) is 11.3 Å². The standard InChI is InChI=1S/C22H20ClN5O3/c1-13-6-4-5-7-16(13)21-25-22-27(14(2)10-20(30)28(22)26-21)12-19(29)24-17-11-15(23)8-9-18(17)31-3/h4-11H,12H2,1-3H3,(H,24,29). The third-order valence-corrected chi connectivity index (χ3v) is 5.16. The molecular formula is C22H20ClN5O3. The summed E-state index contributed by atoms with van der Waals surface area (Å²) in [5, 5.41) is 7.65. The molecule has 158 valence electrons. The largest absolute Gasteiger partial charge is 0.495 e. The molecule has 0 saturated carbocycles. The van der Waals surface area contributed by atoms with Gasteiger partial charge >= 0.3 is 0 Å². The normalized spacial score (nSPS) is 11.0. The molecule has 0 bridgehead atoms. The Morgan fingerprint density at radius 2 is 1.94 bits per heavy atom. The van der Waals surface area contributed by atoms with Gasteiger partial charge in [-0.2, -0.15) is 9.50 Å². The van der Waals surface area contributed by atoms with Crippen LogP contribution in [0.5, 0.6) is 5.75 Å². The molecule has 0 aliphatic carbocycles. The first kappa shape index (κ1) is 20.6. The highest BCUT2D eigenvalue weighted by molar-refractivity contribution is 6.31. The van der Waals surface area contributed by atoms with Gasteiger partial charge in [0.1, 0.15) is 12.3 Å². The molecule has 0 spiro atoms. The number of aromatic nitrogens is 4. The molecule has 0 aliphatic rings. The smallest absolute Gasteiger partial charge is 0.275 e. The van der Waals surface area contributed by atoms with Crippen LogP contribution >= 0.6 is 11.6 Å². The van der Waals surface area contributed by atoms with E-state index in [1.54, 1.807) is 29.7 Å². The number of carbonyl (C=O) groups is 1. The number of carbonyl (C=O) groups excluding carboxylic acids is 1. The Morgan fingerprint density at radius 1 is 1.16 bits per heavy atom. The summed E-state index contributed by atoms with van der Waals surface area (Å²) in [5.74, 6) is 0.876. The summed E-state index contributed by atoms with van der Waals surface area (Å²) >= 11 is 6.04. The lowest BCUT2D eigenvalue weighted by Gasteiger charge is -2.13. The third kappa shape index (κ3) is 4.02. The fraction of sp³-hybridized carbons (Fsp3) is 0.182. The minimum Gasteiger partial charge on any atom is -0.495 e. The summed E-state index contributed by atoms with van der Waals surface area (Å²) in [7, 11) is 1.51. The van der Waals surface area contributed by atoms with Crippen LogP contribution in [-0.4, -0.2) is 32.2 Å². The van der Waals surface area contributed by atoms with Gasteiger partial charge in [0.25, 0.3) is 5.56 Å². The summed E-state index contributed by atoms with van der Waals surface area (Å²) in [5.41, 5.74) is 2.54. The van der Waals surface area contributed by atoms with Crippen molar-refractivity contribution < 1.29 is 9.53 Å². The van der Waals surface area contributed by atoms with Gasteiger partial charge in [-0.05, 0) is 37.6 Å². The number of methoxy groups -OCH3 is 1. The van der Waals surface area contributed by atoms with E-state index in [1.165, 1.54) is 17.7 Å². The number of ether oxygens (including phenoxy) is 1. The highest BCUT2D eigenvalue weighted by atomic mass is 35.5. The number of halogens is 1. The lowest BCUT2D eigenvalue weighted by atomic mass is 10.1. The van der Waals surface area contributed by atoms with Crippen LogP contribution in [0.1, 0.15) is 11.3 Å². The van der Waals surface area contributed by atoms with Crippen molar-refractivity contribution in [3.8, 4) is 17.1 Å². The molecule has 0 fully saturated rings. The number of nitrogens with one attached hydrogen (secondary N) is 1. The minimum absolute atomic E-state index is 0.0722. The lowest BCUT2D eigenvalue weighted by Crippen LogP contribution is -2.25. The van der Waals surface area contributed by atoms with Crippen molar-refractivity contribution in [2.24, 2.45) is 0 Å². The highest BCUT2D eigenvalue weighted by Gasteiger charge is 2.17. The zero-order valence-electron chi connectivity index (χ0n) is 17.2. The van der Waals surface area contributed by atoms with Gasteiger partial charge in [0.2, 0.25) is 11.7 Å². The Labute approximate surface area is 183 Å². The van der Waals surface area contributed by atoms with Crippen molar-refractivity contribution in [2.45, 2.75) is 20.4 Å². The van der Waals surface area contributed by atoms with E-state index in [-0.39, 0.29) is 23.8 Å². The van der Waals surface area contributed by atoms with Gasteiger partial charge in [-0.15, -0.1) is 5.10 Å². The van der Waals surface area contributed by atoms with Crippen LogP contribution in [0.4, 0.5) is 5.69 Å². The van der Waals surface area contributed by atoms with Crippen LogP contribution in [0.2, 0.25) is 5.02 Å². The number of fused-ring (bicyclic) bond motifs is 1. The van der Waals surface area contributed by atoms with Crippen LogP contribution < -0.4 is 15.6 Å².